The average molecular weight is 181 g/mol. The molecule has 1 unspecified atom stereocenters. The molecule has 0 bridgehead atoms. The molecule has 12 heavy (non-hydrogen) atoms. The summed E-state index contributed by atoms with van der Waals surface area (Å²) in [6.07, 6.45) is 4.99. The van der Waals surface area contributed by atoms with Crippen molar-refractivity contribution < 1.29 is 0 Å². The Morgan fingerprint density at radius 2 is 2.33 bits per heavy atom. The standard InChI is InChI=1S/C10H15NS/c1-3-7-5-6-8-10(7)11-9(4-2)12-8/h7H,3-6H2,1-2H3. The smallest absolute Gasteiger partial charge is 0.0928 e. The Bertz CT molecular complexity index is 277. The minimum absolute atomic E-state index is 0.775. The largest absolute Gasteiger partial charge is 0.246 e. The van der Waals surface area contributed by atoms with Crippen molar-refractivity contribution in [1.82, 2.24) is 4.98 Å². The molecular formula is C10H15NS. The Morgan fingerprint density at radius 1 is 1.50 bits per heavy atom. The number of thiazole rings is 1. The molecule has 0 fully saturated rings. The number of rotatable bonds is 2. The second-order valence-corrected chi connectivity index (χ2v) is 4.58. The summed E-state index contributed by atoms with van der Waals surface area (Å²) in [7, 11) is 0. The second-order valence-electron chi connectivity index (χ2n) is 3.41. The zero-order valence-corrected chi connectivity index (χ0v) is 8.58. The molecule has 0 saturated heterocycles. The van der Waals surface area contributed by atoms with Crippen molar-refractivity contribution >= 4 is 11.3 Å². The normalized spacial score (nSPS) is 21.3. The van der Waals surface area contributed by atoms with Crippen LogP contribution in [0.5, 0.6) is 0 Å². The van der Waals surface area contributed by atoms with Gasteiger partial charge in [-0.05, 0) is 25.7 Å². The first-order valence-corrected chi connectivity index (χ1v) is 5.65. The molecule has 1 nitrogen and oxygen atoms in total. The van der Waals surface area contributed by atoms with Gasteiger partial charge in [-0.1, -0.05) is 13.8 Å². The first-order chi connectivity index (χ1) is 5.85. The molecular weight excluding hydrogens is 166 g/mol. The fourth-order valence-electron chi connectivity index (χ4n) is 1.90. The van der Waals surface area contributed by atoms with Gasteiger partial charge < -0.3 is 0 Å². The summed E-state index contributed by atoms with van der Waals surface area (Å²) in [5.41, 5.74) is 1.43. The Labute approximate surface area is 77.8 Å². The molecule has 0 aliphatic heterocycles. The zero-order valence-electron chi connectivity index (χ0n) is 7.76. The molecule has 0 radical (unpaired) electrons. The van der Waals surface area contributed by atoms with Crippen LogP contribution in [0.2, 0.25) is 0 Å². The number of fused-ring (bicyclic) bond motifs is 1. The van der Waals surface area contributed by atoms with Crippen LogP contribution < -0.4 is 0 Å². The van der Waals surface area contributed by atoms with Crippen LogP contribution in [-0.4, -0.2) is 4.98 Å². The van der Waals surface area contributed by atoms with E-state index < -0.39 is 0 Å². The van der Waals surface area contributed by atoms with E-state index in [1.807, 2.05) is 11.3 Å². The molecule has 66 valence electrons. The Balaban J connectivity index is 2.31. The van der Waals surface area contributed by atoms with E-state index in [0.717, 1.165) is 12.3 Å². The van der Waals surface area contributed by atoms with Crippen LogP contribution in [0.4, 0.5) is 0 Å². The van der Waals surface area contributed by atoms with Crippen molar-refractivity contribution in [2.75, 3.05) is 0 Å². The van der Waals surface area contributed by atoms with Gasteiger partial charge in [0.15, 0.2) is 0 Å². The van der Waals surface area contributed by atoms with E-state index in [1.165, 1.54) is 30.0 Å². The first-order valence-electron chi connectivity index (χ1n) is 4.83. The topological polar surface area (TPSA) is 12.9 Å². The van der Waals surface area contributed by atoms with E-state index in [0.29, 0.717) is 0 Å². The molecule has 1 aromatic heterocycles. The van der Waals surface area contributed by atoms with Gasteiger partial charge in [0.1, 0.15) is 0 Å². The van der Waals surface area contributed by atoms with Gasteiger partial charge in [-0.15, -0.1) is 11.3 Å². The third kappa shape index (κ3) is 1.18. The van der Waals surface area contributed by atoms with Crippen molar-refractivity contribution in [1.29, 1.82) is 0 Å². The predicted octanol–water partition coefficient (Wildman–Crippen LogP) is 3.15. The molecule has 1 aliphatic carbocycles. The fraction of sp³-hybridized carbons (Fsp3) is 0.700. The van der Waals surface area contributed by atoms with Gasteiger partial charge in [0.25, 0.3) is 0 Å². The lowest BCUT2D eigenvalue weighted by Crippen LogP contribution is -1.92. The predicted molar refractivity (Wildman–Crippen MR) is 52.8 cm³/mol. The quantitative estimate of drug-likeness (QED) is 0.683. The van der Waals surface area contributed by atoms with E-state index in [2.05, 4.69) is 18.8 Å². The Morgan fingerprint density at radius 3 is 3.00 bits per heavy atom. The van der Waals surface area contributed by atoms with Crippen molar-refractivity contribution in [3.8, 4) is 0 Å². The highest BCUT2D eigenvalue weighted by Gasteiger charge is 2.24. The van der Waals surface area contributed by atoms with Gasteiger partial charge in [0, 0.05) is 10.8 Å². The summed E-state index contributed by atoms with van der Waals surface area (Å²) in [5, 5.41) is 1.33. The van der Waals surface area contributed by atoms with Gasteiger partial charge in [-0.25, -0.2) is 4.98 Å². The van der Waals surface area contributed by atoms with Gasteiger partial charge in [0.2, 0.25) is 0 Å². The maximum absolute atomic E-state index is 4.68. The first kappa shape index (κ1) is 8.24. The summed E-state index contributed by atoms with van der Waals surface area (Å²) < 4.78 is 0. The summed E-state index contributed by atoms with van der Waals surface area (Å²) in [6, 6.07) is 0. The summed E-state index contributed by atoms with van der Waals surface area (Å²) >= 11 is 1.93. The number of nitrogens with zero attached hydrogens (tertiary/aromatic N) is 1. The lowest BCUT2D eigenvalue weighted by molar-refractivity contribution is 0.640. The molecule has 1 aliphatic rings. The van der Waals surface area contributed by atoms with Crippen LogP contribution in [0.25, 0.3) is 0 Å². The summed E-state index contributed by atoms with van der Waals surface area (Å²) in [6.45, 7) is 4.46. The van der Waals surface area contributed by atoms with E-state index in [9.17, 15) is 0 Å². The van der Waals surface area contributed by atoms with E-state index in [4.69, 9.17) is 0 Å². The number of aromatic nitrogens is 1. The lowest BCUT2D eigenvalue weighted by Gasteiger charge is -2.02. The van der Waals surface area contributed by atoms with Crippen LogP contribution in [-0.2, 0) is 12.8 Å². The van der Waals surface area contributed by atoms with Gasteiger partial charge in [0.05, 0.1) is 10.7 Å². The zero-order chi connectivity index (χ0) is 8.55. The van der Waals surface area contributed by atoms with E-state index in [1.54, 1.807) is 4.88 Å². The molecule has 1 aromatic rings. The van der Waals surface area contributed by atoms with Crippen LogP contribution in [0, 0.1) is 0 Å². The highest BCUT2D eigenvalue weighted by Crippen LogP contribution is 2.38. The molecule has 2 heteroatoms. The maximum Gasteiger partial charge on any atom is 0.0928 e. The van der Waals surface area contributed by atoms with Gasteiger partial charge in [-0.2, -0.15) is 0 Å². The number of aryl methyl sites for hydroxylation is 2. The Hall–Kier alpha value is -0.370. The summed E-state index contributed by atoms with van der Waals surface area (Å²) in [5.74, 6) is 0.775. The highest BCUT2D eigenvalue weighted by atomic mass is 32.1. The van der Waals surface area contributed by atoms with Crippen LogP contribution in [0.15, 0.2) is 0 Å². The van der Waals surface area contributed by atoms with E-state index >= 15 is 0 Å². The molecule has 1 atom stereocenters. The van der Waals surface area contributed by atoms with Crippen LogP contribution >= 0.6 is 11.3 Å². The van der Waals surface area contributed by atoms with Crippen molar-refractivity contribution in [3.63, 3.8) is 0 Å². The molecule has 0 N–H and O–H groups in total. The van der Waals surface area contributed by atoms with Crippen molar-refractivity contribution in [2.24, 2.45) is 0 Å². The average Bonchev–Trinajstić information content (AvgIpc) is 2.61. The fourth-order valence-corrected chi connectivity index (χ4v) is 3.01. The molecule has 0 aromatic carbocycles. The third-order valence-corrected chi connectivity index (χ3v) is 3.95. The minimum Gasteiger partial charge on any atom is -0.246 e. The summed E-state index contributed by atoms with van der Waals surface area (Å²) in [4.78, 5) is 6.25. The molecule has 1 heterocycles. The van der Waals surface area contributed by atoms with Crippen LogP contribution in [0.1, 0.15) is 48.2 Å². The van der Waals surface area contributed by atoms with E-state index in [-0.39, 0.29) is 0 Å². The minimum atomic E-state index is 0.775. The van der Waals surface area contributed by atoms with Crippen molar-refractivity contribution in [2.45, 2.75) is 45.4 Å². The monoisotopic (exact) mass is 181 g/mol. The SMILES string of the molecule is CCc1nc2c(s1)CCC2CC. The van der Waals surface area contributed by atoms with Crippen LogP contribution in [0.3, 0.4) is 0 Å². The lowest BCUT2D eigenvalue weighted by atomic mass is 10.1. The number of hydrogen-bond donors (Lipinski definition) is 0. The second kappa shape index (κ2) is 3.17. The molecule has 0 spiro atoms. The molecule has 0 amide bonds. The van der Waals surface area contributed by atoms with Gasteiger partial charge in [-0.3, -0.25) is 0 Å². The van der Waals surface area contributed by atoms with Crippen molar-refractivity contribution in [3.05, 3.63) is 15.6 Å². The Kier molecular flexibility index (Phi) is 2.18. The van der Waals surface area contributed by atoms with Gasteiger partial charge >= 0.3 is 0 Å². The maximum atomic E-state index is 4.68. The highest BCUT2D eigenvalue weighted by molar-refractivity contribution is 7.11. The molecule has 2 rings (SSSR count). The molecule has 0 saturated carbocycles. The third-order valence-electron chi connectivity index (χ3n) is 2.67. The number of hydrogen-bond acceptors (Lipinski definition) is 2.